The van der Waals surface area contributed by atoms with Gasteiger partial charge in [-0.05, 0) is 37.5 Å². The van der Waals surface area contributed by atoms with Crippen LogP contribution in [0.4, 0.5) is 0 Å². The lowest BCUT2D eigenvalue weighted by atomic mass is 9.86. The number of amides is 1. The fourth-order valence-corrected chi connectivity index (χ4v) is 4.36. The molecule has 2 fully saturated rings. The third kappa shape index (κ3) is 8.51. The third-order valence-corrected chi connectivity index (χ3v) is 6.70. The molecule has 1 saturated carbocycles. The van der Waals surface area contributed by atoms with Crippen LogP contribution in [-0.4, -0.2) is 71.2 Å². The molecule has 1 heterocycles. The Balaban J connectivity index is 0.00000364. The van der Waals surface area contributed by atoms with Crippen molar-refractivity contribution in [1.82, 2.24) is 20.3 Å². The number of halogens is 1. The predicted octanol–water partition coefficient (Wildman–Crippen LogP) is 0.747. The molecule has 8 nitrogen and oxygen atoms in total. The standard InChI is InChI=1S/C17H33N5O3S.HI/c1-18-16(23)12-14-6-9-22(10-7-14)17(19-2)20-8-11-26(24,25)21-13-15-4-3-5-15;/h14-15,21H,3-13H2,1-2H3,(H,18,23)(H,19,20);1H. The van der Waals surface area contributed by atoms with Crippen LogP contribution in [0.2, 0.25) is 0 Å². The van der Waals surface area contributed by atoms with E-state index in [1.165, 1.54) is 6.42 Å². The summed E-state index contributed by atoms with van der Waals surface area (Å²) < 4.78 is 26.8. The van der Waals surface area contributed by atoms with Gasteiger partial charge in [-0.3, -0.25) is 9.79 Å². The van der Waals surface area contributed by atoms with Gasteiger partial charge in [-0.1, -0.05) is 6.42 Å². The molecule has 0 aromatic rings. The van der Waals surface area contributed by atoms with Gasteiger partial charge in [-0.2, -0.15) is 0 Å². The van der Waals surface area contributed by atoms with Crippen LogP contribution in [0.1, 0.15) is 38.5 Å². The first-order chi connectivity index (χ1) is 12.4. The minimum absolute atomic E-state index is 0. The Labute approximate surface area is 180 Å². The van der Waals surface area contributed by atoms with Gasteiger partial charge in [0.15, 0.2) is 5.96 Å². The maximum atomic E-state index is 12.1. The predicted molar refractivity (Wildman–Crippen MR) is 119 cm³/mol. The van der Waals surface area contributed by atoms with Crippen molar-refractivity contribution in [3.63, 3.8) is 0 Å². The molecule has 0 bridgehead atoms. The highest BCUT2D eigenvalue weighted by molar-refractivity contribution is 14.0. The summed E-state index contributed by atoms with van der Waals surface area (Å²) in [6.07, 6.45) is 5.92. The number of likely N-dealkylation sites (tertiary alicyclic amines) is 1. The van der Waals surface area contributed by atoms with Gasteiger partial charge >= 0.3 is 0 Å². The third-order valence-electron chi connectivity index (χ3n) is 5.35. The second-order valence-corrected chi connectivity index (χ2v) is 9.17. The summed E-state index contributed by atoms with van der Waals surface area (Å²) in [5.74, 6) is 1.79. The van der Waals surface area contributed by atoms with Gasteiger partial charge in [-0.25, -0.2) is 13.1 Å². The number of carbonyl (C=O) groups excluding carboxylic acids is 1. The van der Waals surface area contributed by atoms with E-state index in [4.69, 9.17) is 0 Å². The number of guanidine groups is 1. The van der Waals surface area contributed by atoms with Gasteiger partial charge in [-0.15, -0.1) is 24.0 Å². The number of hydrogen-bond acceptors (Lipinski definition) is 4. The Morgan fingerprint density at radius 3 is 2.33 bits per heavy atom. The van der Waals surface area contributed by atoms with Crippen molar-refractivity contribution in [3.05, 3.63) is 0 Å². The van der Waals surface area contributed by atoms with Gasteiger partial charge < -0.3 is 15.5 Å². The summed E-state index contributed by atoms with van der Waals surface area (Å²) in [5.41, 5.74) is 0. The Kier molecular flexibility index (Phi) is 10.9. The van der Waals surface area contributed by atoms with Crippen LogP contribution in [-0.2, 0) is 14.8 Å². The van der Waals surface area contributed by atoms with Gasteiger partial charge in [0, 0.05) is 46.7 Å². The quantitative estimate of drug-likeness (QED) is 0.252. The maximum absolute atomic E-state index is 12.1. The van der Waals surface area contributed by atoms with Crippen molar-refractivity contribution in [2.24, 2.45) is 16.8 Å². The van der Waals surface area contributed by atoms with Crippen molar-refractivity contribution in [2.45, 2.75) is 38.5 Å². The SMILES string of the molecule is CN=C(NCCS(=O)(=O)NCC1CCC1)N1CCC(CC(=O)NC)CC1.I. The fourth-order valence-electron chi connectivity index (χ4n) is 3.36. The zero-order chi connectivity index (χ0) is 19.0. The number of rotatable bonds is 8. The van der Waals surface area contributed by atoms with Crippen molar-refractivity contribution >= 4 is 45.9 Å². The number of sulfonamides is 1. The molecule has 0 radical (unpaired) electrons. The Morgan fingerprint density at radius 1 is 1.15 bits per heavy atom. The second-order valence-electron chi connectivity index (χ2n) is 7.25. The summed E-state index contributed by atoms with van der Waals surface area (Å²) in [4.78, 5) is 17.9. The average molecular weight is 515 g/mol. The summed E-state index contributed by atoms with van der Waals surface area (Å²) in [6, 6.07) is 0. The van der Waals surface area contributed by atoms with Gasteiger partial charge in [0.1, 0.15) is 0 Å². The molecule has 27 heavy (non-hydrogen) atoms. The molecule has 3 N–H and O–H groups in total. The molecule has 1 saturated heterocycles. The summed E-state index contributed by atoms with van der Waals surface area (Å²) in [5, 5.41) is 5.83. The molecular formula is C17H34IN5O3S. The monoisotopic (exact) mass is 515 g/mol. The highest BCUT2D eigenvalue weighted by Gasteiger charge is 2.24. The first-order valence-electron chi connectivity index (χ1n) is 9.57. The maximum Gasteiger partial charge on any atom is 0.220 e. The fraction of sp³-hybridized carbons (Fsp3) is 0.882. The number of carbonyl (C=O) groups is 1. The summed E-state index contributed by atoms with van der Waals surface area (Å²) in [7, 11) is 0.133. The molecule has 1 amide bonds. The van der Waals surface area contributed by atoms with E-state index in [0.29, 0.717) is 31.3 Å². The number of piperidine rings is 1. The lowest BCUT2D eigenvalue weighted by Crippen LogP contribution is -2.47. The van der Waals surface area contributed by atoms with E-state index in [-0.39, 0.29) is 35.6 Å². The average Bonchev–Trinajstić information content (AvgIpc) is 2.58. The lowest BCUT2D eigenvalue weighted by Gasteiger charge is -2.34. The minimum Gasteiger partial charge on any atom is -0.359 e. The molecule has 10 heteroatoms. The zero-order valence-electron chi connectivity index (χ0n) is 16.4. The molecule has 158 valence electrons. The second kappa shape index (κ2) is 12.1. The number of aliphatic imine (C=N–C) groups is 1. The van der Waals surface area contributed by atoms with Crippen LogP contribution in [0.25, 0.3) is 0 Å². The van der Waals surface area contributed by atoms with Crippen LogP contribution >= 0.6 is 24.0 Å². The van der Waals surface area contributed by atoms with Crippen LogP contribution in [0.15, 0.2) is 4.99 Å². The van der Waals surface area contributed by atoms with Crippen LogP contribution < -0.4 is 15.4 Å². The van der Waals surface area contributed by atoms with Crippen molar-refractivity contribution in [3.8, 4) is 0 Å². The Bertz CT molecular complexity index is 587. The molecule has 2 aliphatic rings. The van der Waals surface area contributed by atoms with Crippen LogP contribution in [0.3, 0.4) is 0 Å². The van der Waals surface area contributed by atoms with Crippen molar-refractivity contribution in [1.29, 1.82) is 0 Å². The molecule has 2 rings (SSSR count). The number of hydrogen-bond donors (Lipinski definition) is 3. The van der Waals surface area contributed by atoms with Gasteiger partial charge in [0.2, 0.25) is 15.9 Å². The van der Waals surface area contributed by atoms with E-state index < -0.39 is 10.0 Å². The van der Waals surface area contributed by atoms with Crippen molar-refractivity contribution in [2.75, 3.05) is 46.0 Å². The Morgan fingerprint density at radius 2 is 1.81 bits per heavy atom. The van der Waals surface area contributed by atoms with Crippen LogP contribution in [0.5, 0.6) is 0 Å². The highest BCUT2D eigenvalue weighted by Crippen LogP contribution is 2.25. The zero-order valence-corrected chi connectivity index (χ0v) is 19.5. The molecular weight excluding hydrogens is 481 g/mol. The smallest absolute Gasteiger partial charge is 0.220 e. The van der Waals surface area contributed by atoms with E-state index in [1.807, 2.05) is 0 Å². The normalized spacial score (nSPS) is 19.2. The minimum atomic E-state index is -3.24. The Hall–Kier alpha value is -0.620. The molecule has 0 spiro atoms. The van der Waals surface area contributed by atoms with E-state index in [1.54, 1.807) is 14.1 Å². The first kappa shape index (κ1) is 24.4. The highest BCUT2D eigenvalue weighted by atomic mass is 127. The molecule has 1 aliphatic carbocycles. The number of nitrogens with one attached hydrogen (secondary N) is 3. The number of nitrogens with zero attached hydrogens (tertiary/aromatic N) is 2. The lowest BCUT2D eigenvalue weighted by molar-refractivity contribution is -0.121. The van der Waals surface area contributed by atoms with Crippen molar-refractivity contribution < 1.29 is 13.2 Å². The molecule has 0 atom stereocenters. The van der Waals surface area contributed by atoms with E-state index in [9.17, 15) is 13.2 Å². The molecule has 0 aromatic heterocycles. The molecule has 1 aliphatic heterocycles. The van der Waals surface area contributed by atoms with E-state index in [0.717, 1.165) is 44.7 Å². The van der Waals surface area contributed by atoms with E-state index >= 15 is 0 Å². The molecule has 0 aromatic carbocycles. The first-order valence-corrected chi connectivity index (χ1v) is 11.2. The largest absolute Gasteiger partial charge is 0.359 e. The van der Waals surface area contributed by atoms with Crippen LogP contribution in [0, 0.1) is 11.8 Å². The summed E-state index contributed by atoms with van der Waals surface area (Å²) >= 11 is 0. The molecule has 0 unspecified atom stereocenters. The topological polar surface area (TPSA) is 103 Å². The van der Waals surface area contributed by atoms with Gasteiger partial charge in [0.05, 0.1) is 5.75 Å². The van der Waals surface area contributed by atoms with Gasteiger partial charge in [0.25, 0.3) is 0 Å². The summed E-state index contributed by atoms with van der Waals surface area (Å²) in [6.45, 7) is 2.56. The van der Waals surface area contributed by atoms with E-state index in [2.05, 4.69) is 25.2 Å².